The van der Waals surface area contributed by atoms with Crippen molar-refractivity contribution in [2.24, 2.45) is 4.99 Å². The number of anilines is 1. The van der Waals surface area contributed by atoms with Crippen molar-refractivity contribution in [3.05, 3.63) is 109 Å². The number of aryl methyl sites for hydroxylation is 1. The number of carbonyl (C=O) groups is 1. The van der Waals surface area contributed by atoms with Crippen LogP contribution in [0.25, 0.3) is 0 Å². The van der Waals surface area contributed by atoms with Crippen molar-refractivity contribution in [1.82, 2.24) is 0 Å². The summed E-state index contributed by atoms with van der Waals surface area (Å²) in [6, 6.07) is 19.1. The molecule has 1 aromatic heterocycles. The lowest BCUT2D eigenvalue weighted by Crippen LogP contribution is -2.14. The summed E-state index contributed by atoms with van der Waals surface area (Å²) >= 11 is 8.18. The Morgan fingerprint density at radius 1 is 1.10 bits per heavy atom. The summed E-state index contributed by atoms with van der Waals surface area (Å²) in [5.41, 5.74) is 3.91. The summed E-state index contributed by atoms with van der Waals surface area (Å²) in [5.74, 6) is 0.667. The van der Waals surface area contributed by atoms with Gasteiger partial charge in [-0.05, 0) is 85.7 Å². The van der Waals surface area contributed by atoms with Crippen molar-refractivity contribution < 1.29 is 19.2 Å². The number of nitrogens with zero attached hydrogens (tertiary/aromatic N) is 2. The number of nitrogens with one attached hydrogen (secondary N) is 1. The third kappa shape index (κ3) is 6.75. The first-order chi connectivity index (χ1) is 19.9. The number of halogens is 1. The van der Waals surface area contributed by atoms with Gasteiger partial charge in [0.15, 0.2) is 11.5 Å². The average molecular weight is 590 g/mol. The molecule has 0 radical (unpaired) electrons. The lowest BCUT2D eigenvalue weighted by molar-refractivity contribution is -0.384. The summed E-state index contributed by atoms with van der Waals surface area (Å²) < 4.78 is 11.8. The van der Waals surface area contributed by atoms with E-state index < -0.39 is 4.92 Å². The Kier molecular flexibility index (Phi) is 8.96. The third-order valence-corrected chi connectivity index (χ3v) is 8.08. The standard InChI is InChI=1S/C31H28ClN3O5S/c1-2-39-26-17-21(16-25(32)29(26)40-19-20-12-14-23(15-13-20)35(37)38)18-33-31-28(24-10-6-7-11-27(24)41-31)30(36)34-22-8-4-3-5-9-22/h3-5,8-9,12-18H,2,6-7,10-11,19H2,1H3,(H,34,36). The second kappa shape index (κ2) is 13.0. The maximum Gasteiger partial charge on any atom is 0.269 e. The Balaban J connectivity index is 1.40. The second-order valence-corrected chi connectivity index (χ2v) is 10.9. The van der Waals surface area contributed by atoms with Gasteiger partial charge in [-0.25, -0.2) is 4.99 Å². The molecule has 1 heterocycles. The number of para-hydroxylation sites is 1. The number of thiophene rings is 1. The van der Waals surface area contributed by atoms with Crippen LogP contribution in [0.2, 0.25) is 5.02 Å². The van der Waals surface area contributed by atoms with Crippen molar-refractivity contribution in [3.63, 3.8) is 0 Å². The van der Waals surface area contributed by atoms with Crippen LogP contribution >= 0.6 is 22.9 Å². The molecule has 3 aromatic carbocycles. The minimum atomic E-state index is -0.445. The third-order valence-electron chi connectivity index (χ3n) is 6.60. The first kappa shape index (κ1) is 28.3. The molecule has 0 saturated heterocycles. The maximum absolute atomic E-state index is 13.4. The average Bonchev–Trinajstić information content (AvgIpc) is 3.35. The van der Waals surface area contributed by atoms with Gasteiger partial charge in [0, 0.05) is 28.9 Å². The minimum absolute atomic E-state index is 0.0118. The van der Waals surface area contributed by atoms with Crippen LogP contribution in [-0.4, -0.2) is 23.7 Å². The molecule has 10 heteroatoms. The predicted octanol–water partition coefficient (Wildman–Crippen LogP) is 8.17. The van der Waals surface area contributed by atoms with Crippen molar-refractivity contribution in [2.45, 2.75) is 39.2 Å². The fraction of sp³-hybridized carbons (Fsp3) is 0.226. The van der Waals surface area contributed by atoms with Gasteiger partial charge < -0.3 is 14.8 Å². The van der Waals surface area contributed by atoms with Crippen LogP contribution in [0.1, 0.15) is 51.7 Å². The van der Waals surface area contributed by atoms with E-state index in [0.29, 0.717) is 39.3 Å². The van der Waals surface area contributed by atoms with E-state index in [0.717, 1.165) is 42.5 Å². The summed E-state index contributed by atoms with van der Waals surface area (Å²) in [4.78, 5) is 29.8. The van der Waals surface area contributed by atoms with E-state index >= 15 is 0 Å². The van der Waals surface area contributed by atoms with Gasteiger partial charge in [-0.1, -0.05) is 29.8 Å². The molecular weight excluding hydrogens is 562 g/mol. The number of amides is 1. The first-order valence-electron chi connectivity index (χ1n) is 13.3. The number of nitro benzene ring substituents is 1. The van der Waals surface area contributed by atoms with Gasteiger partial charge in [-0.15, -0.1) is 11.3 Å². The van der Waals surface area contributed by atoms with Gasteiger partial charge >= 0.3 is 0 Å². The van der Waals surface area contributed by atoms with Gasteiger partial charge in [-0.2, -0.15) is 0 Å². The number of hydrogen-bond acceptors (Lipinski definition) is 7. The van der Waals surface area contributed by atoms with Crippen LogP contribution in [0.15, 0.2) is 71.7 Å². The zero-order valence-electron chi connectivity index (χ0n) is 22.4. The number of fused-ring (bicyclic) bond motifs is 1. The number of aliphatic imine (C=N–C) groups is 1. The first-order valence-corrected chi connectivity index (χ1v) is 14.5. The highest BCUT2D eigenvalue weighted by molar-refractivity contribution is 7.16. The molecule has 1 aliphatic rings. The summed E-state index contributed by atoms with van der Waals surface area (Å²) in [7, 11) is 0. The summed E-state index contributed by atoms with van der Waals surface area (Å²) in [6.07, 6.45) is 5.64. The number of rotatable bonds is 10. The molecule has 0 spiro atoms. The van der Waals surface area contributed by atoms with Gasteiger partial charge in [0.05, 0.1) is 22.1 Å². The monoisotopic (exact) mass is 589 g/mol. The highest BCUT2D eigenvalue weighted by Crippen LogP contribution is 2.41. The fourth-order valence-corrected chi connectivity index (χ4v) is 6.16. The van der Waals surface area contributed by atoms with Crippen molar-refractivity contribution in [1.29, 1.82) is 0 Å². The molecule has 0 bridgehead atoms. The Morgan fingerprint density at radius 3 is 2.59 bits per heavy atom. The molecular formula is C31H28ClN3O5S. The molecule has 0 fully saturated rings. The Morgan fingerprint density at radius 2 is 1.85 bits per heavy atom. The van der Waals surface area contributed by atoms with E-state index in [1.54, 1.807) is 41.8 Å². The van der Waals surface area contributed by atoms with Crippen LogP contribution in [0.4, 0.5) is 16.4 Å². The zero-order valence-corrected chi connectivity index (χ0v) is 24.0. The molecule has 0 unspecified atom stereocenters. The van der Waals surface area contributed by atoms with Crippen LogP contribution in [0.5, 0.6) is 11.5 Å². The van der Waals surface area contributed by atoms with E-state index in [2.05, 4.69) is 5.32 Å². The van der Waals surface area contributed by atoms with E-state index in [9.17, 15) is 14.9 Å². The number of non-ortho nitro benzene ring substituents is 1. The molecule has 0 atom stereocenters. The Hall–Kier alpha value is -4.21. The van der Waals surface area contributed by atoms with E-state index in [1.807, 2.05) is 37.3 Å². The van der Waals surface area contributed by atoms with E-state index in [1.165, 1.54) is 17.0 Å². The van der Waals surface area contributed by atoms with Crippen molar-refractivity contribution in [3.8, 4) is 11.5 Å². The largest absolute Gasteiger partial charge is 0.490 e. The lowest BCUT2D eigenvalue weighted by atomic mass is 9.95. The van der Waals surface area contributed by atoms with Crippen LogP contribution in [0.3, 0.4) is 0 Å². The zero-order chi connectivity index (χ0) is 28.8. The Bertz CT molecular complexity index is 1590. The van der Waals surface area contributed by atoms with E-state index in [-0.39, 0.29) is 18.2 Å². The lowest BCUT2D eigenvalue weighted by Gasteiger charge is -2.14. The molecule has 4 aromatic rings. The quantitative estimate of drug-likeness (QED) is 0.114. The molecule has 5 rings (SSSR count). The molecule has 0 saturated carbocycles. The Labute approximate surface area is 246 Å². The maximum atomic E-state index is 13.4. The highest BCUT2D eigenvalue weighted by Gasteiger charge is 2.25. The number of hydrogen-bond donors (Lipinski definition) is 1. The number of carbonyl (C=O) groups excluding carboxylic acids is 1. The molecule has 1 N–H and O–H groups in total. The fourth-order valence-electron chi connectivity index (χ4n) is 4.66. The smallest absolute Gasteiger partial charge is 0.269 e. The molecule has 0 aliphatic heterocycles. The molecule has 8 nitrogen and oxygen atoms in total. The normalized spacial score (nSPS) is 12.6. The minimum Gasteiger partial charge on any atom is -0.490 e. The van der Waals surface area contributed by atoms with Crippen LogP contribution in [-0.2, 0) is 19.4 Å². The highest BCUT2D eigenvalue weighted by atomic mass is 35.5. The van der Waals surface area contributed by atoms with Gasteiger partial charge in [0.25, 0.3) is 11.6 Å². The predicted molar refractivity (Wildman–Crippen MR) is 163 cm³/mol. The van der Waals surface area contributed by atoms with Crippen molar-refractivity contribution in [2.75, 3.05) is 11.9 Å². The van der Waals surface area contributed by atoms with Gasteiger partial charge in [-0.3, -0.25) is 14.9 Å². The SMILES string of the molecule is CCOc1cc(C=Nc2sc3c(c2C(=O)Nc2ccccc2)CCCC3)cc(Cl)c1OCc1ccc([N+](=O)[O-])cc1. The molecule has 1 aliphatic carbocycles. The van der Waals surface area contributed by atoms with Gasteiger partial charge in [0.1, 0.15) is 11.6 Å². The summed E-state index contributed by atoms with van der Waals surface area (Å²) in [6.45, 7) is 2.42. The number of ether oxygens (including phenoxy) is 2. The molecule has 41 heavy (non-hydrogen) atoms. The number of benzene rings is 3. The second-order valence-electron chi connectivity index (χ2n) is 9.44. The topological polar surface area (TPSA) is 103 Å². The van der Waals surface area contributed by atoms with E-state index in [4.69, 9.17) is 26.1 Å². The van der Waals surface area contributed by atoms with Crippen LogP contribution < -0.4 is 14.8 Å². The summed E-state index contributed by atoms with van der Waals surface area (Å²) in [5, 5.41) is 14.9. The number of nitro groups is 1. The van der Waals surface area contributed by atoms with Crippen molar-refractivity contribution >= 4 is 51.4 Å². The van der Waals surface area contributed by atoms with Gasteiger partial charge in [0.2, 0.25) is 0 Å². The molecule has 1 amide bonds. The van der Waals surface area contributed by atoms with Crippen LogP contribution in [0, 0.1) is 10.1 Å². The molecule has 210 valence electrons.